The molecule has 1 nitrogen and oxygen atoms in total. The van der Waals surface area contributed by atoms with Crippen molar-refractivity contribution < 1.29 is 4.79 Å². The van der Waals surface area contributed by atoms with Gasteiger partial charge in [-0.3, -0.25) is 4.79 Å². The van der Waals surface area contributed by atoms with E-state index in [-0.39, 0.29) is 5.78 Å². The van der Waals surface area contributed by atoms with E-state index in [1.807, 2.05) is 31.2 Å². The standard InChI is InChI=1S/C27H38O/c1-3-4-5-6-7-8-9-10-11-12-13-24-16-18-25(19-17-24)22-27(28)26-20-14-23(2)15-21-26/h14-21H,3-13,22H2,1-2H3. The molecule has 0 fully saturated rings. The Morgan fingerprint density at radius 1 is 0.643 bits per heavy atom. The van der Waals surface area contributed by atoms with E-state index in [4.69, 9.17) is 0 Å². The zero-order valence-electron chi connectivity index (χ0n) is 18.0. The third kappa shape index (κ3) is 8.87. The summed E-state index contributed by atoms with van der Waals surface area (Å²) in [6, 6.07) is 16.5. The third-order valence-corrected chi connectivity index (χ3v) is 5.58. The first-order chi connectivity index (χ1) is 13.7. The van der Waals surface area contributed by atoms with Gasteiger partial charge >= 0.3 is 0 Å². The molecule has 2 aromatic carbocycles. The fourth-order valence-corrected chi connectivity index (χ4v) is 3.67. The maximum absolute atomic E-state index is 12.4. The number of aryl methyl sites for hydroxylation is 2. The molecule has 1 heteroatoms. The SMILES string of the molecule is CCCCCCCCCCCCc1ccc(CC(=O)c2ccc(C)cc2)cc1. The first kappa shape index (κ1) is 22.4. The van der Waals surface area contributed by atoms with Gasteiger partial charge in [0.25, 0.3) is 0 Å². The van der Waals surface area contributed by atoms with Gasteiger partial charge in [-0.15, -0.1) is 0 Å². The molecule has 0 aliphatic heterocycles. The van der Waals surface area contributed by atoms with Gasteiger partial charge in [-0.25, -0.2) is 0 Å². The molecule has 0 N–H and O–H groups in total. The summed E-state index contributed by atoms with van der Waals surface area (Å²) in [5.74, 6) is 0.197. The van der Waals surface area contributed by atoms with Crippen LogP contribution in [0, 0.1) is 6.92 Å². The van der Waals surface area contributed by atoms with E-state index in [0.717, 1.165) is 17.5 Å². The minimum atomic E-state index is 0.197. The summed E-state index contributed by atoms with van der Waals surface area (Å²) < 4.78 is 0. The van der Waals surface area contributed by atoms with Crippen molar-refractivity contribution >= 4 is 5.78 Å². The molecule has 0 saturated carbocycles. The number of carbonyl (C=O) groups is 1. The topological polar surface area (TPSA) is 17.1 Å². The van der Waals surface area contributed by atoms with Crippen molar-refractivity contribution in [1.82, 2.24) is 0 Å². The van der Waals surface area contributed by atoms with E-state index in [1.165, 1.54) is 75.3 Å². The zero-order chi connectivity index (χ0) is 20.0. The predicted molar refractivity (Wildman–Crippen MR) is 121 cm³/mol. The van der Waals surface area contributed by atoms with E-state index in [2.05, 4.69) is 31.2 Å². The van der Waals surface area contributed by atoms with Crippen LogP contribution < -0.4 is 0 Å². The second-order valence-electron chi connectivity index (χ2n) is 8.21. The zero-order valence-corrected chi connectivity index (χ0v) is 18.0. The van der Waals surface area contributed by atoms with Crippen LogP contribution in [-0.4, -0.2) is 5.78 Å². The van der Waals surface area contributed by atoms with E-state index < -0.39 is 0 Å². The van der Waals surface area contributed by atoms with E-state index in [9.17, 15) is 4.79 Å². The molecule has 0 aliphatic rings. The number of ketones is 1. The lowest BCUT2D eigenvalue weighted by Crippen LogP contribution is -2.03. The Morgan fingerprint density at radius 3 is 1.71 bits per heavy atom. The van der Waals surface area contributed by atoms with Gasteiger partial charge in [0.15, 0.2) is 5.78 Å². The smallest absolute Gasteiger partial charge is 0.167 e. The van der Waals surface area contributed by atoms with Gasteiger partial charge in [0.1, 0.15) is 0 Å². The number of unbranched alkanes of at least 4 members (excludes halogenated alkanes) is 9. The van der Waals surface area contributed by atoms with Crippen LogP contribution in [0.2, 0.25) is 0 Å². The van der Waals surface area contributed by atoms with Crippen LogP contribution in [0.15, 0.2) is 48.5 Å². The molecule has 0 radical (unpaired) electrons. The summed E-state index contributed by atoms with van der Waals surface area (Å²) in [5.41, 5.74) is 4.50. The molecule has 0 unspecified atom stereocenters. The molecule has 28 heavy (non-hydrogen) atoms. The molecule has 152 valence electrons. The quantitative estimate of drug-likeness (QED) is 0.241. The Labute approximate surface area is 172 Å². The molecule has 0 saturated heterocycles. The minimum Gasteiger partial charge on any atom is -0.294 e. The van der Waals surface area contributed by atoms with Gasteiger partial charge in [-0.05, 0) is 30.9 Å². The number of Topliss-reactive ketones (excluding diaryl/α,β-unsaturated/α-hetero) is 1. The van der Waals surface area contributed by atoms with Crippen molar-refractivity contribution in [3.05, 3.63) is 70.8 Å². The second-order valence-corrected chi connectivity index (χ2v) is 8.21. The number of hydrogen-bond acceptors (Lipinski definition) is 1. The highest BCUT2D eigenvalue weighted by Gasteiger charge is 2.07. The van der Waals surface area contributed by atoms with Crippen LogP contribution in [0.5, 0.6) is 0 Å². The van der Waals surface area contributed by atoms with Crippen LogP contribution in [0.1, 0.15) is 98.2 Å². The highest BCUT2D eigenvalue weighted by molar-refractivity contribution is 5.97. The summed E-state index contributed by atoms with van der Waals surface area (Å²) in [4.78, 5) is 12.4. The number of hydrogen-bond donors (Lipinski definition) is 0. The van der Waals surface area contributed by atoms with Crippen molar-refractivity contribution in [1.29, 1.82) is 0 Å². The Morgan fingerprint density at radius 2 is 1.14 bits per heavy atom. The maximum atomic E-state index is 12.4. The summed E-state index contributed by atoms with van der Waals surface area (Å²) in [5, 5.41) is 0. The second kappa shape index (κ2) is 13.3. The molecule has 0 bridgehead atoms. The van der Waals surface area contributed by atoms with Crippen LogP contribution in [-0.2, 0) is 12.8 Å². The normalized spacial score (nSPS) is 10.9. The van der Waals surface area contributed by atoms with E-state index >= 15 is 0 Å². The van der Waals surface area contributed by atoms with Crippen molar-refractivity contribution in [2.75, 3.05) is 0 Å². The lowest BCUT2D eigenvalue weighted by Gasteiger charge is -2.05. The van der Waals surface area contributed by atoms with Crippen molar-refractivity contribution in [2.45, 2.75) is 90.9 Å². The van der Waals surface area contributed by atoms with Crippen LogP contribution in [0.4, 0.5) is 0 Å². The molecule has 0 amide bonds. The van der Waals surface area contributed by atoms with E-state index in [1.54, 1.807) is 0 Å². The summed E-state index contributed by atoms with van der Waals surface area (Å²) >= 11 is 0. The highest BCUT2D eigenvalue weighted by Crippen LogP contribution is 2.14. The Bertz CT molecular complexity index is 666. The molecule has 0 spiro atoms. The molecule has 2 aromatic rings. The predicted octanol–water partition coefficient (Wildman–Crippen LogP) is 7.88. The fourth-order valence-electron chi connectivity index (χ4n) is 3.67. The number of benzene rings is 2. The van der Waals surface area contributed by atoms with Crippen LogP contribution in [0.3, 0.4) is 0 Å². The molecule has 0 heterocycles. The largest absolute Gasteiger partial charge is 0.294 e. The maximum Gasteiger partial charge on any atom is 0.167 e. The number of rotatable bonds is 14. The molecule has 0 aliphatic carbocycles. The average molecular weight is 379 g/mol. The fraction of sp³-hybridized carbons (Fsp3) is 0.519. The lowest BCUT2D eigenvalue weighted by atomic mass is 9.99. The number of carbonyl (C=O) groups excluding carboxylic acids is 1. The summed E-state index contributed by atoms with van der Waals surface area (Å²) in [6.07, 6.45) is 15.4. The molecule has 0 aromatic heterocycles. The van der Waals surface area contributed by atoms with Gasteiger partial charge in [0.05, 0.1) is 0 Å². The van der Waals surface area contributed by atoms with Crippen LogP contribution in [0.25, 0.3) is 0 Å². The van der Waals surface area contributed by atoms with Crippen molar-refractivity contribution in [2.24, 2.45) is 0 Å². The highest BCUT2D eigenvalue weighted by atomic mass is 16.1. The van der Waals surface area contributed by atoms with Crippen LogP contribution >= 0.6 is 0 Å². The van der Waals surface area contributed by atoms with Gasteiger partial charge in [-0.1, -0.05) is 119 Å². The van der Waals surface area contributed by atoms with Crippen molar-refractivity contribution in [3.63, 3.8) is 0 Å². The molecule has 0 atom stereocenters. The molecular formula is C27H38O. The first-order valence-electron chi connectivity index (χ1n) is 11.4. The first-order valence-corrected chi connectivity index (χ1v) is 11.4. The van der Waals surface area contributed by atoms with Crippen molar-refractivity contribution in [3.8, 4) is 0 Å². The van der Waals surface area contributed by atoms with Gasteiger partial charge in [0, 0.05) is 12.0 Å². The monoisotopic (exact) mass is 378 g/mol. The lowest BCUT2D eigenvalue weighted by molar-refractivity contribution is 0.0993. The third-order valence-electron chi connectivity index (χ3n) is 5.58. The molecule has 2 rings (SSSR count). The Hall–Kier alpha value is -1.89. The summed E-state index contributed by atoms with van der Waals surface area (Å²) in [6.45, 7) is 4.32. The Kier molecular flexibility index (Phi) is 10.7. The molecular weight excluding hydrogens is 340 g/mol. The van der Waals surface area contributed by atoms with Gasteiger partial charge in [0.2, 0.25) is 0 Å². The van der Waals surface area contributed by atoms with Gasteiger partial charge in [-0.2, -0.15) is 0 Å². The summed E-state index contributed by atoms with van der Waals surface area (Å²) in [7, 11) is 0. The van der Waals surface area contributed by atoms with Gasteiger partial charge < -0.3 is 0 Å². The van der Waals surface area contributed by atoms with E-state index in [0.29, 0.717) is 6.42 Å². The minimum absolute atomic E-state index is 0.197. The average Bonchev–Trinajstić information content (AvgIpc) is 2.71. The Balaban J connectivity index is 1.59.